The molecule has 2 nitrogen and oxygen atoms in total. The lowest BCUT2D eigenvalue weighted by Crippen LogP contribution is -2.52. The Bertz CT molecular complexity index is 120. The molecule has 0 aromatic heterocycles. The molecule has 2 atom stereocenters. The summed E-state index contributed by atoms with van der Waals surface area (Å²) in [5, 5.41) is 2.35. The van der Waals surface area contributed by atoms with Crippen molar-refractivity contribution in [3.8, 4) is 0 Å². The maximum absolute atomic E-state index is 5.63. The molecule has 2 unspecified atom stereocenters. The summed E-state index contributed by atoms with van der Waals surface area (Å²) in [7, 11) is 0. The Morgan fingerprint density at radius 2 is 1.92 bits per heavy atom. The molecule has 1 aliphatic heterocycles. The quantitative estimate of drug-likeness (QED) is 0.685. The molecule has 0 amide bonds. The van der Waals surface area contributed by atoms with Crippen LogP contribution in [0.15, 0.2) is 0 Å². The minimum atomic E-state index is 0.664. The summed E-state index contributed by atoms with van der Waals surface area (Å²) in [5.41, 5.74) is 3.37. The molecule has 1 heterocycles. The van der Waals surface area contributed by atoms with Gasteiger partial charge in [-0.3, -0.25) is 5.43 Å². The Morgan fingerprint density at radius 1 is 1.33 bits per heavy atom. The van der Waals surface area contributed by atoms with Gasteiger partial charge in [-0.2, -0.15) is 0 Å². The molecule has 72 valence electrons. The van der Waals surface area contributed by atoms with Crippen LogP contribution in [-0.2, 0) is 0 Å². The summed E-state index contributed by atoms with van der Waals surface area (Å²) in [6.45, 7) is 5.43. The van der Waals surface area contributed by atoms with Gasteiger partial charge in [0.2, 0.25) is 0 Å². The van der Waals surface area contributed by atoms with Gasteiger partial charge in [-0.05, 0) is 26.7 Å². The van der Waals surface area contributed by atoms with E-state index in [2.05, 4.69) is 24.3 Å². The first-order chi connectivity index (χ1) is 5.75. The fourth-order valence-electron chi connectivity index (χ4n) is 1.90. The third-order valence-electron chi connectivity index (χ3n) is 2.58. The average Bonchev–Trinajstić information content (AvgIpc) is 2.04. The SMILES string of the molecule is CC1CCCC(C)N1NCCCl. The van der Waals surface area contributed by atoms with Crippen LogP contribution < -0.4 is 5.43 Å². The fourth-order valence-corrected chi connectivity index (χ4v) is 1.99. The zero-order chi connectivity index (χ0) is 8.97. The fraction of sp³-hybridized carbons (Fsp3) is 1.00. The predicted octanol–water partition coefficient (Wildman–Crippen LogP) is 1.99. The molecular formula is C9H19ClN2. The predicted molar refractivity (Wildman–Crippen MR) is 53.3 cm³/mol. The van der Waals surface area contributed by atoms with E-state index in [4.69, 9.17) is 11.6 Å². The van der Waals surface area contributed by atoms with Crippen molar-refractivity contribution in [2.75, 3.05) is 12.4 Å². The smallest absolute Gasteiger partial charge is 0.0362 e. The lowest BCUT2D eigenvalue weighted by Gasteiger charge is -2.38. The van der Waals surface area contributed by atoms with Crippen LogP contribution in [0.5, 0.6) is 0 Å². The van der Waals surface area contributed by atoms with Gasteiger partial charge in [0.05, 0.1) is 0 Å². The van der Waals surface area contributed by atoms with Crippen LogP contribution in [-0.4, -0.2) is 29.5 Å². The lowest BCUT2D eigenvalue weighted by molar-refractivity contribution is 0.0491. The van der Waals surface area contributed by atoms with Gasteiger partial charge in [-0.25, -0.2) is 5.01 Å². The van der Waals surface area contributed by atoms with Crippen molar-refractivity contribution < 1.29 is 0 Å². The van der Waals surface area contributed by atoms with E-state index in [-0.39, 0.29) is 0 Å². The van der Waals surface area contributed by atoms with Gasteiger partial charge in [0, 0.05) is 24.5 Å². The number of nitrogens with one attached hydrogen (secondary N) is 1. The van der Waals surface area contributed by atoms with Gasteiger partial charge in [0.25, 0.3) is 0 Å². The van der Waals surface area contributed by atoms with Crippen LogP contribution in [0.2, 0.25) is 0 Å². The number of alkyl halides is 1. The highest BCUT2D eigenvalue weighted by molar-refractivity contribution is 6.18. The minimum absolute atomic E-state index is 0.664. The largest absolute Gasteiger partial charge is 0.254 e. The maximum atomic E-state index is 5.63. The molecule has 0 radical (unpaired) electrons. The number of hydrogen-bond donors (Lipinski definition) is 1. The van der Waals surface area contributed by atoms with Gasteiger partial charge in [-0.1, -0.05) is 6.42 Å². The number of halogens is 1. The molecule has 0 aromatic rings. The number of piperidine rings is 1. The molecule has 1 fully saturated rings. The Morgan fingerprint density at radius 3 is 2.42 bits per heavy atom. The highest BCUT2D eigenvalue weighted by Crippen LogP contribution is 2.19. The molecule has 1 N–H and O–H groups in total. The summed E-state index contributed by atoms with van der Waals surface area (Å²) in [4.78, 5) is 0. The second kappa shape index (κ2) is 5.05. The highest BCUT2D eigenvalue weighted by atomic mass is 35.5. The zero-order valence-corrected chi connectivity index (χ0v) is 8.77. The first-order valence-corrected chi connectivity index (χ1v) is 5.37. The molecule has 0 bridgehead atoms. The number of nitrogens with zero attached hydrogens (tertiary/aromatic N) is 1. The summed E-state index contributed by atoms with van der Waals surface area (Å²) >= 11 is 5.63. The van der Waals surface area contributed by atoms with Crippen LogP contribution in [0.4, 0.5) is 0 Å². The molecule has 0 saturated carbocycles. The Kier molecular flexibility index (Phi) is 4.33. The van der Waals surface area contributed by atoms with Crippen molar-refractivity contribution in [1.29, 1.82) is 0 Å². The molecular weight excluding hydrogens is 172 g/mol. The summed E-state index contributed by atoms with van der Waals surface area (Å²) in [6, 6.07) is 1.33. The van der Waals surface area contributed by atoms with E-state index in [1.807, 2.05) is 0 Å². The molecule has 0 aliphatic carbocycles. The first-order valence-electron chi connectivity index (χ1n) is 4.83. The summed E-state index contributed by atoms with van der Waals surface area (Å²) < 4.78 is 0. The van der Waals surface area contributed by atoms with E-state index in [1.54, 1.807) is 0 Å². The normalized spacial score (nSPS) is 32.2. The van der Waals surface area contributed by atoms with E-state index < -0.39 is 0 Å². The topological polar surface area (TPSA) is 15.3 Å². The standard InChI is InChI=1S/C9H19ClN2/c1-8-4-3-5-9(2)12(8)11-7-6-10/h8-9,11H,3-7H2,1-2H3. The van der Waals surface area contributed by atoms with E-state index in [0.29, 0.717) is 18.0 Å². The summed E-state index contributed by atoms with van der Waals surface area (Å²) in [6.07, 6.45) is 3.97. The Labute approximate surface area is 80.2 Å². The molecule has 12 heavy (non-hydrogen) atoms. The Balaban J connectivity index is 2.34. The van der Waals surface area contributed by atoms with Gasteiger partial charge in [0.15, 0.2) is 0 Å². The minimum Gasteiger partial charge on any atom is -0.254 e. The van der Waals surface area contributed by atoms with Crippen molar-refractivity contribution in [2.45, 2.75) is 45.2 Å². The Hall–Kier alpha value is 0.210. The van der Waals surface area contributed by atoms with Crippen LogP contribution in [0.25, 0.3) is 0 Å². The summed E-state index contributed by atoms with van der Waals surface area (Å²) in [5.74, 6) is 0.690. The molecule has 1 rings (SSSR count). The van der Waals surface area contributed by atoms with E-state index in [1.165, 1.54) is 19.3 Å². The van der Waals surface area contributed by atoms with Gasteiger partial charge in [-0.15, -0.1) is 11.6 Å². The van der Waals surface area contributed by atoms with Gasteiger partial charge >= 0.3 is 0 Å². The number of rotatable bonds is 3. The van der Waals surface area contributed by atoms with Crippen LogP contribution in [0, 0.1) is 0 Å². The maximum Gasteiger partial charge on any atom is 0.0362 e. The van der Waals surface area contributed by atoms with Crippen LogP contribution in [0.3, 0.4) is 0 Å². The molecule has 1 aliphatic rings. The van der Waals surface area contributed by atoms with Crippen molar-refractivity contribution in [3.05, 3.63) is 0 Å². The van der Waals surface area contributed by atoms with Gasteiger partial charge in [0.1, 0.15) is 0 Å². The van der Waals surface area contributed by atoms with Crippen molar-refractivity contribution in [1.82, 2.24) is 10.4 Å². The molecule has 0 spiro atoms. The molecule has 1 saturated heterocycles. The van der Waals surface area contributed by atoms with Gasteiger partial charge < -0.3 is 0 Å². The van der Waals surface area contributed by atoms with E-state index >= 15 is 0 Å². The molecule has 3 heteroatoms. The third-order valence-corrected chi connectivity index (χ3v) is 2.77. The van der Waals surface area contributed by atoms with Crippen LogP contribution in [0.1, 0.15) is 33.1 Å². The van der Waals surface area contributed by atoms with Crippen LogP contribution >= 0.6 is 11.6 Å². The zero-order valence-electron chi connectivity index (χ0n) is 8.02. The van der Waals surface area contributed by atoms with Crippen molar-refractivity contribution in [2.24, 2.45) is 0 Å². The lowest BCUT2D eigenvalue weighted by atomic mass is 10.00. The van der Waals surface area contributed by atoms with Crippen molar-refractivity contribution >= 4 is 11.6 Å². The monoisotopic (exact) mass is 190 g/mol. The highest BCUT2D eigenvalue weighted by Gasteiger charge is 2.23. The second-order valence-electron chi connectivity index (χ2n) is 3.63. The number of hydrogen-bond acceptors (Lipinski definition) is 2. The molecule has 0 aromatic carbocycles. The average molecular weight is 191 g/mol. The third kappa shape index (κ3) is 2.61. The second-order valence-corrected chi connectivity index (χ2v) is 4.01. The first kappa shape index (κ1) is 10.3. The van der Waals surface area contributed by atoms with Crippen molar-refractivity contribution in [3.63, 3.8) is 0 Å². The number of hydrazine groups is 1. The van der Waals surface area contributed by atoms with E-state index in [9.17, 15) is 0 Å². The van der Waals surface area contributed by atoms with E-state index in [0.717, 1.165) is 6.54 Å².